The Balaban J connectivity index is 0.00000288. The van der Waals surface area contributed by atoms with Gasteiger partial charge < -0.3 is 25.7 Å². The van der Waals surface area contributed by atoms with Crippen molar-refractivity contribution in [2.75, 3.05) is 13.2 Å². The van der Waals surface area contributed by atoms with Crippen LogP contribution in [0.2, 0.25) is 0 Å². The molecule has 0 saturated heterocycles. The molecule has 2 rings (SSSR count). The SMILES string of the molecule is Cl.OCC(NCCCCc1ccc(O)cc1)c1ccc(O)c(O)c1. The lowest BCUT2D eigenvalue weighted by Crippen LogP contribution is -2.25. The van der Waals surface area contributed by atoms with E-state index in [0.29, 0.717) is 0 Å². The number of halogens is 1. The summed E-state index contributed by atoms with van der Waals surface area (Å²) in [4.78, 5) is 0. The van der Waals surface area contributed by atoms with Gasteiger partial charge in [-0.3, -0.25) is 0 Å². The second kappa shape index (κ2) is 10.0. The van der Waals surface area contributed by atoms with Gasteiger partial charge >= 0.3 is 0 Å². The summed E-state index contributed by atoms with van der Waals surface area (Å²) in [5, 5.41) is 40.8. The molecule has 132 valence electrons. The molecule has 24 heavy (non-hydrogen) atoms. The molecule has 2 aromatic rings. The Hall–Kier alpha value is -1.95. The predicted octanol–water partition coefficient (Wildman–Crippen LogP) is 2.87. The van der Waals surface area contributed by atoms with Gasteiger partial charge in [-0.15, -0.1) is 12.4 Å². The molecule has 0 saturated carbocycles. The number of benzene rings is 2. The third-order valence-corrected chi connectivity index (χ3v) is 3.80. The van der Waals surface area contributed by atoms with Crippen LogP contribution in [0.15, 0.2) is 42.5 Å². The van der Waals surface area contributed by atoms with Crippen LogP contribution < -0.4 is 5.32 Å². The van der Waals surface area contributed by atoms with Crippen molar-refractivity contribution in [1.82, 2.24) is 5.32 Å². The van der Waals surface area contributed by atoms with Crippen molar-refractivity contribution < 1.29 is 20.4 Å². The fourth-order valence-electron chi connectivity index (χ4n) is 2.44. The van der Waals surface area contributed by atoms with Gasteiger partial charge in [0.2, 0.25) is 0 Å². The number of unbranched alkanes of at least 4 members (excludes halogenated alkanes) is 1. The van der Waals surface area contributed by atoms with E-state index >= 15 is 0 Å². The lowest BCUT2D eigenvalue weighted by atomic mass is 10.1. The Kier molecular flexibility index (Phi) is 8.40. The van der Waals surface area contributed by atoms with Crippen LogP contribution in [-0.2, 0) is 6.42 Å². The van der Waals surface area contributed by atoms with E-state index in [1.807, 2.05) is 12.1 Å². The van der Waals surface area contributed by atoms with Gasteiger partial charge in [-0.05, 0) is 61.2 Å². The van der Waals surface area contributed by atoms with Crippen LogP contribution in [0.25, 0.3) is 0 Å². The third kappa shape index (κ3) is 5.92. The van der Waals surface area contributed by atoms with Gasteiger partial charge in [-0.2, -0.15) is 0 Å². The number of hydrogen-bond donors (Lipinski definition) is 5. The lowest BCUT2D eigenvalue weighted by Gasteiger charge is -2.17. The Morgan fingerprint density at radius 1 is 0.875 bits per heavy atom. The van der Waals surface area contributed by atoms with E-state index in [1.54, 1.807) is 18.2 Å². The molecule has 0 aromatic heterocycles. The van der Waals surface area contributed by atoms with E-state index in [4.69, 9.17) is 0 Å². The zero-order valence-electron chi connectivity index (χ0n) is 13.4. The first-order valence-electron chi connectivity index (χ1n) is 7.74. The van der Waals surface area contributed by atoms with Crippen molar-refractivity contribution in [1.29, 1.82) is 0 Å². The van der Waals surface area contributed by atoms with E-state index in [-0.39, 0.29) is 42.3 Å². The van der Waals surface area contributed by atoms with E-state index < -0.39 is 0 Å². The normalized spacial score (nSPS) is 11.7. The summed E-state index contributed by atoms with van der Waals surface area (Å²) < 4.78 is 0. The maximum Gasteiger partial charge on any atom is 0.157 e. The fourth-order valence-corrected chi connectivity index (χ4v) is 2.44. The molecule has 5 N–H and O–H groups in total. The first kappa shape index (κ1) is 20.1. The Bertz CT molecular complexity index is 619. The summed E-state index contributed by atoms with van der Waals surface area (Å²) in [5.74, 6) is -0.0761. The Labute approximate surface area is 148 Å². The van der Waals surface area contributed by atoms with Crippen LogP contribution in [0.4, 0.5) is 0 Å². The summed E-state index contributed by atoms with van der Waals surface area (Å²) in [5.41, 5.74) is 1.92. The van der Waals surface area contributed by atoms with Crippen molar-refractivity contribution >= 4 is 12.4 Å². The lowest BCUT2D eigenvalue weighted by molar-refractivity contribution is 0.243. The number of rotatable bonds is 8. The smallest absolute Gasteiger partial charge is 0.157 e. The highest BCUT2D eigenvalue weighted by Crippen LogP contribution is 2.27. The average Bonchev–Trinajstić information content (AvgIpc) is 2.55. The van der Waals surface area contributed by atoms with E-state index in [2.05, 4.69) is 5.32 Å². The van der Waals surface area contributed by atoms with E-state index in [9.17, 15) is 20.4 Å². The van der Waals surface area contributed by atoms with Crippen LogP contribution >= 0.6 is 12.4 Å². The van der Waals surface area contributed by atoms with Gasteiger partial charge in [-0.25, -0.2) is 0 Å². The van der Waals surface area contributed by atoms with Crippen molar-refractivity contribution in [3.05, 3.63) is 53.6 Å². The van der Waals surface area contributed by atoms with Crippen molar-refractivity contribution in [2.45, 2.75) is 25.3 Å². The molecule has 0 heterocycles. The average molecular weight is 354 g/mol. The molecule has 0 radical (unpaired) electrons. The highest BCUT2D eigenvalue weighted by atomic mass is 35.5. The number of aryl methyl sites for hydroxylation is 1. The molecule has 0 spiro atoms. The van der Waals surface area contributed by atoms with Gasteiger partial charge in [0.15, 0.2) is 11.5 Å². The predicted molar refractivity (Wildman–Crippen MR) is 95.9 cm³/mol. The quantitative estimate of drug-likeness (QED) is 0.372. The summed E-state index contributed by atoms with van der Waals surface area (Å²) in [7, 11) is 0. The molecule has 1 atom stereocenters. The number of phenols is 3. The van der Waals surface area contributed by atoms with Gasteiger partial charge in [0.05, 0.1) is 12.6 Å². The molecule has 0 aliphatic rings. The van der Waals surface area contributed by atoms with Crippen molar-refractivity contribution in [3.63, 3.8) is 0 Å². The van der Waals surface area contributed by atoms with E-state index in [1.165, 1.54) is 17.7 Å². The minimum Gasteiger partial charge on any atom is -0.508 e. The highest BCUT2D eigenvalue weighted by molar-refractivity contribution is 5.85. The largest absolute Gasteiger partial charge is 0.508 e. The van der Waals surface area contributed by atoms with Crippen LogP contribution in [0, 0.1) is 0 Å². The number of phenolic OH excluding ortho intramolecular Hbond substituents is 3. The number of aromatic hydroxyl groups is 3. The molecule has 0 bridgehead atoms. The second-order valence-corrected chi connectivity index (χ2v) is 5.56. The topological polar surface area (TPSA) is 93.0 Å². The van der Waals surface area contributed by atoms with Crippen LogP contribution in [0.1, 0.15) is 30.0 Å². The number of aliphatic hydroxyl groups excluding tert-OH is 1. The van der Waals surface area contributed by atoms with Crippen molar-refractivity contribution in [2.24, 2.45) is 0 Å². The van der Waals surface area contributed by atoms with Crippen LogP contribution in [0.3, 0.4) is 0 Å². The molecule has 5 nitrogen and oxygen atoms in total. The van der Waals surface area contributed by atoms with Gasteiger partial charge in [0, 0.05) is 0 Å². The van der Waals surface area contributed by atoms with E-state index in [0.717, 1.165) is 31.4 Å². The first-order valence-corrected chi connectivity index (χ1v) is 7.74. The molecule has 0 aliphatic carbocycles. The van der Waals surface area contributed by atoms with Crippen LogP contribution in [0.5, 0.6) is 17.2 Å². The Morgan fingerprint density at radius 3 is 2.21 bits per heavy atom. The first-order chi connectivity index (χ1) is 11.1. The summed E-state index contributed by atoms with van der Waals surface area (Å²) in [6.45, 7) is 0.660. The molecule has 6 heteroatoms. The molecular weight excluding hydrogens is 330 g/mol. The number of nitrogens with one attached hydrogen (secondary N) is 1. The molecule has 0 aliphatic heterocycles. The molecular formula is C18H24ClNO4. The number of aliphatic hydroxyl groups is 1. The van der Waals surface area contributed by atoms with Crippen molar-refractivity contribution in [3.8, 4) is 17.2 Å². The number of hydrogen-bond acceptors (Lipinski definition) is 5. The van der Waals surface area contributed by atoms with Gasteiger partial charge in [-0.1, -0.05) is 18.2 Å². The standard InChI is InChI=1S/C18H23NO4.ClH/c20-12-16(14-6-9-17(22)18(23)11-14)19-10-2-1-3-13-4-7-15(21)8-5-13;/h4-9,11,16,19-23H,1-3,10,12H2;1H. The second-order valence-electron chi connectivity index (χ2n) is 5.56. The zero-order chi connectivity index (χ0) is 16.7. The van der Waals surface area contributed by atoms with Gasteiger partial charge in [0.25, 0.3) is 0 Å². The molecule has 1 unspecified atom stereocenters. The monoisotopic (exact) mass is 353 g/mol. The minimum absolute atomic E-state index is 0. The summed E-state index contributed by atoms with van der Waals surface area (Å²) >= 11 is 0. The molecule has 0 fully saturated rings. The Morgan fingerprint density at radius 2 is 1.58 bits per heavy atom. The van der Waals surface area contributed by atoms with Crippen LogP contribution in [-0.4, -0.2) is 33.6 Å². The summed E-state index contributed by atoms with van der Waals surface area (Å²) in [6.07, 6.45) is 2.88. The highest BCUT2D eigenvalue weighted by Gasteiger charge is 2.11. The molecule has 2 aromatic carbocycles. The summed E-state index contributed by atoms with van der Waals surface area (Å²) in [6, 6.07) is 11.5. The molecule has 0 amide bonds. The third-order valence-electron chi connectivity index (χ3n) is 3.80. The van der Waals surface area contributed by atoms with Gasteiger partial charge in [0.1, 0.15) is 5.75 Å². The maximum atomic E-state index is 9.52. The maximum absolute atomic E-state index is 9.52. The fraction of sp³-hybridized carbons (Fsp3) is 0.333. The zero-order valence-corrected chi connectivity index (χ0v) is 14.2. The minimum atomic E-state index is -0.268.